The first kappa shape index (κ1) is 14.1. The Bertz CT molecular complexity index is 525. The molecule has 2 atom stereocenters. The summed E-state index contributed by atoms with van der Waals surface area (Å²) >= 11 is 0. The SMILES string of the molecule is C[C@H]1C[C@H]1C(=O)N1CCN(c2ccnc(N(C)C)n2)CC1. The highest BCUT2D eigenvalue weighted by molar-refractivity contribution is 5.81. The number of hydrogen-bond acceptors (Lipinski definition) is 5. The Balaban J connectivity index is 1.60. The quantitative estimate of drug-likeness (QED) is 0.825. The van der Waals surface area contributed by atoms with E-state index in [-0.39, 0.29) is 5.92 Å². The fraction of sp³-hybridized carbons (Fsp3) is 0.667. The molecule has 1 aromatic heterocycles. The lowest BCUT2D eigenvalue weighted by Gasteiger charge is -2.35. The van der Waals surface area contributed by atoms with E-state index < -0.39 is 0 Å². The van der Waals surface area contributed by atoms with Gasteiger partial charge in [0.15, 0.2) is 0 Å². The van der Waals surface area contributed by atoms with Crippen molar-refractivity contribution >= 4 is 17.7 Å². The maximum atomic E-state index is 12.2. The highest BCUT2D eigenvalue weighted by Crippen LogP contribution is 2.39. The van der Waals surface area contributed by atoms with Crippen LogP contribution in [0.2, 0.25) is 0 Å². The molecule has 1 amide bonds. The molecule has 6 nitrogen and oxygen atoms in total. The van der Waals surface area contributed by atoms with E-state index in [0.717, 1.165) is 44.4 Å². The van der Waals surface area contributed by atoms with Crippen molar-refractivity contribution in [3.8, 4) is 0 Å². The first-order valence-corrected chi connectivity index (χ1v) is 7.60. The van der Waals surface area contributed by atoms with Gasteiger partial charge in [0.1, 0.15) is 5.82 Å². The minimum atomic E-state index is 0.288. The van der Waals surface area contributed by atoms with Gasteiger partial charge >= 0.3 is 0 Å². The van der Waals surface area contributed by atoms with Gasteiger partial charge in [-0.05, 0) is 18.4 Å². The molecular weight excluding hydrogens is 266 g/mol. The molecule has 1 aromatic rings. The summed E-state index contributed by atoms with van der Waals surface area (Å²) in [6, 6.07) is 1.94. The van der Waals surface area contributed by atoms with E-state index in [4.69, 9.17) is 0 Å². The van der Waals surface area contributed by atoms with Crippen molar-refractivity contribution in [1.82, 2.24) is 14.9 Å². The molecule has 1 saturated heterocycles. The molecule has 0 N–H and O–H groups in total. The predicted molar refractivity (Wildman–Crippen MR) is 82.4 cm³/mol. The normalized spacial score (nSPS) is 24.9. The topological polar surface area (TPSA) is 52.6 Å². The van der Waals surface area contributed by atoms with Crippen LogP contribution in [0.15, 0.2) is 12.3 Å². The summed E-state index contributed by atoms with van der Waals surface area (Å²) in [4.78, 5) is 27.2. The molecule has 0 unspecified atom stereocenters. The minimum Gasteiger partial charge on any atom is -0.353 e. The van der Waals surface area contributed by atoms with Crippen LogP contribution in [-0.2, 0) is 4.79 Å². The van der Waals surface area contributed by atoms with Crippen LogP contribution < -0.4 is 9.80 Å². The number of rotatable bonds is 3. The maximum absolute atomic E-state index is 12.2. The number of anilines is 2. The van der Waals surface area contributed by atoms with Crippen molar-refractivity contribution in [1.29, 1.82) is 0 Å². The molecule has 114 valence electrons. The fourth-order valence-corrected chi connectivity index (χ4v) is 2.79. The summed E-state index contributed by atoms with van der Waals surface area (Å²) in [6.07, 6.45) is 2.86. The Hall–Kier alpha value is -1.85. The van der Waals surface area contributed by atoms with Crippen LogP contribution in [0.5, 0.6) is 0 Å². The first-order valence-electron chi connectivity index (χ1n) is 7.60. The summed E-state index contributed by atoms with van der Waals surface area (Å²) < 4.78 is 0. The van der Waals surface area contributed by atoms with E-state index in [1.54, 1.807) is 6.20 Å². The van der Waals surface area contributed by atoms with E-state index in [9.17, 15) is 4.79 Å². The van der Waals surface area contributed by atoms with Crippen LogP contribution in [0.3, 0.4) is 0 Å². The van der Waals surface area contributed by atoms with Crippen LogP contribution in [0.1, 0.15) is 13.3 Å². The largest absolute Gasteiger partial charge is 0.353 e. The Labute approximate surface area is 125 Å². The van der Waals surface area contributed by atoms with Crippen LogP contribution >= 0.6 is 0 Å². The van der Waals surface area contributed by atoms with Gasteiger partial charge in [0.05, 0.1) is 0 Å². The van der Waals surface area contributed by atoms with Gasteiger partial charge in [-0.25, -0.2) is 4.98 Å². The van der Waals surface area contributed by atoms with E-state index >= 15 is 0 Å². The number of carbonyl (C=O) groups excluding carboxylic acids is 1. The average Bonchev–Trinajstić information content (AvgIpc) is 3.24. The van der Waals surface area contributed by atoms with Crippen molar-refractivity contribution in [3.63, 3.8) is 0 Å². The van der Waals surface area contributed by atoms with Crippen molar-refractivity contribution in [2.75, 3.05) is 50.1 Å². The number of nitrogens with zero attached hydrogens (tertiary/aromatic N) is 5. The van der Waals surface area contributed by atoms with Crippen LogP contribution in [0, 0.1) is 11.8 Å². The molecule has 6 heteroatoms. The molecule has 0 aromatic carbocycles. The Morgan fingerprint density at radius 3 is 2.52 bits per heavy atom. The van der Waals surface area contributed by atoms with E-state index in [1.807, 2.05) is 30.0 Å². The third-order valence-corrected chi connectivity index (χ3v) is 4.37. The van der Waals surface area contributed by atoms with E-state index in [0.29, 0.717) is 11.8 Å². The van der Waals surface area contributed by atoms with Crippen LogP contribution in [0.4, 0.5) is 11.8 Å². The van der Waals surface area contributed by atoms with Gasteiger partial charge in [-0.15, -0.1) is 0 Å². The molecule has 2 aliphatic rings. The second-order valence-corrected chi connectivity index (χ2v) is 6.24. The third kappa shape index (κ3) is 2.94. The molecule has 1 aliphatic heterocycles. The summed E-state index contributed by atoms with van der Waals surface area (Å²) in [6.45, 7) is 5.43. The Morgan fingerprint density at radius 1 is 1.29 bits per heavy atom. The Kier molecular flexibility index (Phi) is 3.69. The van der Waals surface area contributed by atoms with Gasteiger partial charge in [0.2, 0.25) is 11.9 Å². The minimum absolute atomic E-state index is 0.288. The molecule has 0 radical (unpaired) electrons. The first-order chi connectivity index (χ1) is 10.1. The monoisotopic (exact) mass is 289 g/mol. The second kappa shape index (κ2) is 5.50. The summed E-state index contributed by atoms with van der Waals surface area (Å²) in [5, 5.41) is 0. The third-order valence-electron chi connectivity index (χ3n) is 4.37. The zero-order valence-electron chi connectivity index (χ0n) is 13.0. The van der Waals surface area contributed by atoms with Crippen molar-refractivity contribution < 1.29 is 4.79 Å². The predicted octanol–water partition coefficient (Wildman–Crippen LogP) is 0.847. The summed E-state index contributed by atoms with van der Waals surface area (Å²) in [7, 11) is 3.87. The van der Waals surface area contributed by atoms with E-state index in [2.05, 4.69) is 21.8 Å². The smallest absolute Gasteiger partial charge is 0.226 e. The molecule has 1 aliphatic carbocycles. The van der Waals surface area contributed by atoms with Gasteiger partial charge in [0, 0.05) is 52.4 Å². The molecule has 2 heterocycles. The summed E-state index contributed by atoms with van der Waals surface area (Å²) in [5.41, 5.74) is 0. The fourth-order valence-electron chi connectivity index (χ4n) is 2.79. The van der Waals surface area contributed by atoms with E-state index in [1.165, 1.54) is 0 Å². The highest BCUT2D eigenvalue weighted by Gasteiger charge is 2.42. The summed E-state index contributed by atoms with van der Waals surface area (Å²) in [5.74, 6) is 2.88. The molecule has 1 saturated carbocycles. The van der Waals surface area contributed by atoms with Crippen molar-refractivity contribution in [3.05, 3.63) is 12.3 Å². The van der Waals surface area contributed by atoms with Crippen LogP contribution in [0.25, 0.3) is 0 Å². The number of aromatic nitrogens is 2. The van der Waals surface area contributed by atoms with Crippen LogP contribution in [-0.4, -0.2) is 61.0 Å². The lowest BCUT2D eigenvalue weighted by atomic mass is 10.2. The Morgan fingerprint density at radius 2 is 1.95 bits per heavy atom. The molecule has 21 heavy (non-hydrogen) atoms. The number of carbonyl (C=O) groups is 1. The lowest BCUT2D eigenvalue weighted by molar-refractivity contribution is -0.133. The number of hydrogen-bond donors (Lipinski definition) is 0. The van der Waals surface area contributed by atoms with Gasteiger partial charge in [-0.3, -0.25) is 4.79 Å². The zero-order chi connectivity index (χ0) is 15.0. The van der Waals surface area contributed by atoms with Gasteiger partial charge in [-0.2, -0.15) is 4.98 Å². The molecule has 0 bridgehead atoms. The maximum Gasteiger partial charge on any atom is 0.226 e. The number of piperazine rings is 1. The second-order valence-electron chi connectivity index (χ2n) is 6.24. The molecular formula is C15H23N5O. The van der Waals surface area contributed by atoms with Gasteiger partial charge in [0.25, 0.3) is 0 Å². The molecule has 0 spiro atoms. The van der Waals surface area contributed by atoms with Crippen molar-refractivity contribution in [2.45, 2.75) is 13.3 Å². The highest BCUT2D eigenvalue weighted by atomic mass is 16.2. The van der Waals surface area contributed by atoms with Gasteiger partial charge in [-0.1, -0.05) is 6.92 Å². The van der Waals surface area contributed by atoms with Gasteiger partial charge < -0.3 is 14.7 Å². The molecule has 3 rings (SSSR count). The number of amides is 1. The molecule has 2 fully saturated rings. The standard InChI is InChI=1S/C15H23N5O/c1-11-10-12(11)14(21)20-8-6-19(7-9-20)13-4-5-16-15(17-13)18(2)3/h4-5,11-12H,6-10H2,1-3H3/t11-,12+/m0/s1. The van der Waals surface area contributed by atoms with Crippen molar-refractivity contribution in [2.24, 2.45) is 11.8 Å². The average molecular weight is 289 g/mol. The lowest BCUT2D eigenvalue weighted by Crippen LogP contribution is -2.49. The zero-order valence-corrected chi connectivity index (χ0v) is 13.0.